The Balaban J connectivity index is 1.84. The number of benzene rings is 1. The van der Waals surface area contributed by atoms with E-state index in [2.05, 4.69) is 5.32 Å². The molecule has 1 aromatic rings. The molecule has 2 N–H and O–H groups in total. The lowest BCUT2D eigenvalue weighted by atomic mass is 9.95. The van der Waals surface area contributed by atoms with Crippen molar-refractivity contribution in [1.29, 1.82) is 0 Å². The van der Waals surface area contributed by atoms with Crippen molar-refractivity contribution in [2.75, 3.05) is 32.7 Å². The summed E-state index contributed by atoms with van der Waals surface area (Å²) in [6.45, 7) is 3.11. The molecule has 0 aromatic heterocycles. The van der Waals surface area contributed by atoms with Crippen LogP contribution in [0.15, 0.2) is 17.7 Å². The summed E-state index contributed by atoms with van der Waals surface area (Å²) in [6, 6.07) is 3.88. The highest BCUT2D eigenvalue weighted by atomic mass is 35.5. The molecular weight excluding hydrogens is 346 g/mol. The molecule has 1 fully saturated rings. The number of rotatable bonds is 4. The molecule has 2 heterocycles. The predicted molar refractivity (Wildman–Crippen MR) is 96.1 cm³/mol. The number of methoxy groups -OCH3 is 2. The largest absolute Gasteiger partial charge is 0.462 e. The second kappa shape index (κ2) is 7.93. The number of hydrogen-bond donors (Lipinski definition) is 2. The van der Waals surface area contributed by atoms with E-state index in [1.54, 1.807) is 5.54 Å². The SMILES string of the molecule is CO[C@H]1[C@H](Oc2cc(C)c3c(c2)/C(=C\Cl)CCN3)OC[C@@H](OC)[C@@H]1O. The first kappa shape index (κ1) is 18.5. The van der Waals surface area contributed by atoms with Crippen molar-refractivity contribution in [2.24, 2.45) is 0 Å². The Morgan fingerprint density at radius 2 is 2.12 bits per heavy atom. The zero-order valence-corrected chi connectivity index (χ0v) is 15.4. The number of halogens is 1. The normalized spacial score (nSPS) is 30.7. The van der Waals surface area contributed by atoms with Gasteiger partial charge >= 0.3 is 0 Å². The van der Waals surface area contributed by atoms with E-state index in [0.29, 0.717) is 5.75 Å². The van der Waals surface area contributed by atoms with Crippen LogP contribution in [-0.2, 0) is 14.2 Å². The zero-order chi connectivity index (χ0) is 18.0. The minimum Gasteiger partial charge on any atom is -0.462 e. The minimum absolute atomic E-state index is 0.237. The molecule has 0 bridgehead atoms. The zero-order valence-electron chi connectivity index (χ0n) is 14.6. The van der Waals surface area contributed by atoms with Crippen LogP contribution in [0, 0.1) is 6.92 Å². The second-order valence-corrected chi connectivity index (χ2v) is 6.48. The second-order valence-electron chi connectivity index (χ2n) is 6.26. The van der Waals surface area contributed by atoms with Crippen molar-refractivity contribution in [1.82, 2.24) is 0 Å². The summed E-state index contributed by atoms with van der Waals surface area (Å²) in [6.07, 6.45) is -1.77. The summed E-state index contributed by atoms with van der Waals surface area (Å²) in [5.41, 5.74) is 5.83. The molecule has 1 aromatic carbocycles. The van der Waals surface area contributed by atoms with Gasteiger partial charge in [-0.3, -0.25) is 0 Å². The molecule has 0 amide bonds. The number of anilines is 1. The predicted octanol–water partition coefficient (Wildman–Crippen LogP) is 2.52. The van der Waals surface area contributed by atoms with Crippen molar-refractivity contribution in [3.63, 3.8) is 0 Å². The maximum atomic E-state index is 10.4. The molecular formula is C18H24ClNO5. The number of hydrogen-bond acceptors (Lipinski definition) is 6. The van der Waals surface area contributed by atoms with Crippen molar-refractivity contribution in [2.45, 2.75) is 37.9 Å². The molecule has 0 aliphatic carbocycles. The fraction of sp³-hybridized carbons (Fsp3) is 0.556. The Bertz CT molecular complexity index is 651. The van der Waals surface area contributed by atoms with Gasteiger partial charge in [0, 0.05) is 37.6 Å². The van der Waals surface area contributed by atoms with Crippen LogP contribution >= 0.6 is 11.6 Å². The fourth-order valence-corrected chi connectivity index (χ4v) is 3.56. The van der Waals surface area contributed by atoms with Crippen LogP contribution < -0.4 is 10.1 Å². The van der Waals surface area contributed by atoms with E-state index < -0.39 is 24.6 Å². The molecule has 6 nitrogen and oxygen atoms in total. The third kappa shape index (κ3) is 3.64. The number of aliphatic hydroxyl groups is 1. The molecule has 0 radical (unpaired) electrons. The molecule has 25 heavy (non-hydrogen) atoms. The molecule has 2 aliphatic rings. The van der Waals surface area contributed by atoms with Crippen LogP contribution in [0.2, 0.25) is 0 Å². The average molecular weight is 370 g/mol. The van der Waals surface area contributed by atoms with Crippen LogP contribution in [-0.4, -0.2) is 57.1 Å². The van der Waals surface area contributed by atoms with Crippen molar-refractivity contribution < 1.29 is 24.1 Å². The van der Waals surface area contributed by atoms with Gasteiger partial charge < -0.3 is 29.4 Å². The van der Waals surface area contributed by atoms with E-state index >= 15 is 0 Å². The van der Waals surface area contributed by atoms with E-state index in [9.17, 15) is 5.11 Å². The maximum Gasteiger partial charge on any atom is 0.229 e. The molecule has 3 rings (SSSR count). The Morgan fingerprint density at radius 1 is 1.32 bits per heavy atom. The van der Waals surface area contributed by atoms with Gasteiger partial charge in [0.05, 0.1) is 6.61 Å². The number of aryl methyl sites for hydroxylation is 1. The number of ether oxygens (including phenoxy) is 4. The lowest BCUT2D eigenvalue weighted by Crippen LogP contribution is -2.56. The smallest absolute Gasteiger partial charge is 0.229 e. The first-order valence-corrected chi connectivity index (χ1v) is 8.72. The van der Waals surface area contributed by atoms with Crippen molar-refractivity contribution >= 4 is 22.9 Å². The van der Waals surface area contributed by atoms with Gasteiger partial charge in [0.25, 0.3) is 0 Å². The van der Waals surface area contributed by atoms with Gasteiger partial charge in [0.1, 0.15) is 24.1 Å². The maximum absolute atomic E-state index is 10.4. The van der Waals surface area contributed by atoms with Crippen LogP contribution in [0.4, 0.5) is 5.69 Å². The molecule has 0 unspecified atom stereocenters. The molecule has 0 saturated carbocycles. The quantitative estimate of drug-likeness (QED) is 0.850. The van der Waals surface area contributed by atoms with Crippen molar-refractivity contribution in [3.8, 4) is 5.75 Å². The standard InChI is InChI=1S/C18H24ClNO5/c1-10-6-12(7-13-11(8-19)4-5-20-15(10)13)25-18-17(23-3)16(21)14(22-2)9-24-18/h6-8,14,16-18,20-21H,4-5,9H2,1-3H3/b11-8-/t14-,16+,17-,18+/m1/s1. The average Bonchev–Trinajstić information content (AvgIpc) is 2.62. The molecule has 7 heteroatoms. The summed E-state index contributed by atoms with van der Waals surface area (Å²) in [7, 11) is 3.05. The van der Waals surface area contributed by atoms with Gasteiger partial charge in [-0.1, -0.05) is 11.6 Å². The van der Waals surface area contributed by atoms with Gasteiger partial charge in [-0.25, -0.2) is 0 Å². The van der Waals surface area contributed by atoms with Crippen LogP contribution in [0.25, 0.3) is 5.57 Å². The van der Waals surface area contributed by atoms with E-state index in [-0.39, 0.29) is 6.61 Å². The fourth-order valence-electron chi connectivity index (χ4n) is 3.33. The van der Waals surface area contributed by atoms with Crippen LogP contribution in [0.3, 0.4) is 0 Å². The molecule has 4 atom stereocenters. The van der Waals surface area contributed by atoms with E-state index in [1.165, 1.54) is 14.2 Å². The number of nitrogens with one attached hydrogen (secondary N) is 1. The first-order chi connectivity index (χ1) is 12.1. The van der Waals surface area contributed by atoms with Gasteiger partial charge in [0.2, 0.25) is 6.29 Å². The van der Waals surface area contributed by atoms with E-state index in [1.807, 2.05) is 19.1 Å². The van der Waals surface area contributed by atoms with Gasteiger partial charge in [0.15, 0.2) is 0 Å². The highest BCUT2D eigenvalue weighted by Crippen LogP contribution is 2.37. The van der Waals surface area contributed by atoms with Gasteiger partial charge in [-0.15, -0.1) is 0 Å². The lowest BCUT2D eigenvalue weighted by molar-refractivity contribution is -0.253. The monoisotopic (exact) mass is 369 g/mol. The van der Waals surface area contributed by atoms with Crippen LogP contribution in [0.5, 0.6) is 5.75 Å². The van der Waals surface area contributed by atoms with E-state index in [0.717, 1.165) is 35.4 Å². The number of aliphatic hydroxyl groups excluding tert-OH is 1. The minimum atomic E-state index is -0.826. The lowest BCUT2D eigenvalue weighted by Gasteiger charge is -2.38. The topological polar surface area (TPSA) is 69.2 Å². The van der Waals surface area contributed by atoms with Gasteiger partial charge in [-0.05, 0) is 36.6 Å². The van der Waals surface area contributed by atoms with Gasteiger partial charge in [-0.2, -0.15) is 0 Å². The highest BCUT2D eigenvalue weighted by Gasteiger charge is 2.41. The summed E-state index contributed by atoms with van der Waals surface area (Å²) in [4.78, 5) is 0. The summed E-state index contributed by atoms with van der Waals surface area (Å²) < 4.78 is 22.3. The van der Waals surface area contributed by atoms with Crippen molar-refractivity contribution in [3.05, 3.63) is 28.8 Å². The van der Waals surface area contributed by atoms with E-state index in [4.69, 9.17) is 30.5 Å². The Morgan fingerprint density at radius 3 is 2.80 bits per heavy atom. The molecule has 1 saturated heterocycles. The summed E-state index contributed by atoms with van der Waals surface area (Å²) in [5.74, 6) is 0.645. The first-order valence-electron chi connectivity index (χ1n) is 8.29. The molecule has 0 spiro atoms. The Labute approximate surface area is 152 Å². The molecule has 138 valence electrons. The third-order valence-corrected chi connectivity index (χ3v) is 4.98. The molecule has 2 aliphatic heterocycles. The highest BCUT2D eigenvalue weighted by molar-refractivity contribution is 6.28. The summed E-state index contributed by atoms with van der Waals surface area (Å²) >= 11 is 5.98. The Kier molecular flexibility index (Phi) is 5.86. The summed E-state index contributed by atoms with van der Waals surface area (Å²) in [5, 5.41) is 13.8. The van der Waals surface area contributed by atoms with Crippen LogP contribution in [0.1, 0.15) is 17.5 Å². The third-order valence-electron chi connectivity index (χ3n) is 4.72. The number of fused-ring (bicyclic) bond motifs is 1. The Hall–Kier alpha value is -1.31.